The fraction of sp³-hybridized carbons (Fsp3) is 0.538. The second kappa shape index (κ2) is 6.63. The predicted octanol–water partition coefficient (Wildman–Crippen LogP) is 1.57. The Morgan fingerprint density at radius 3 is 2.44 bits per heavy atom. The zero-order valence-corrected chi connectivity index (χ0v) is 10.4. The van der Waals surface area contributed by atoms with Crippen molar-refractivity contribution in [2.24, 2.45) is 5.73 Å². The zero-order chi connectivity index (χ0) is 12.0. The van der Waals surface area contributed by atoms with Crippen LogP contribution in [0, 0.1) is 6.92 Å². The van der Waals surface area contributed by atoms with Crippen molar-refractivity contribution in [3.63, 3.8) is 0 Å². The van der Waals surface area contributed by atoms with Crippen LogP contribution in [0.5, 0.6) is 0 Å². The van der Waals surface area contributed by atoms with E-state index in [1.807, 2.05) is 0 Å². The average molecular weight is 222 g/mol. The van der Waals surface area contributed by atoms with Crippen molar-refractivity contribution >= 4 is 0 Å². The Bertz CT molecular complexity index is 297. The van der Waals surface area contributed by atoms with E-state index in [-0.39, 0.29) is 6.04 Å². The minimum absolute atomic E-state index is 0.274. The number of hydrogen-bond donors (Lipinski definition) is 1. The van der Waals surface area contributed by atoms with Crippen LogP contribution in [0.25, 0.3) is 0 Å². The lowest BCUT2D eigenvalue weighted by Crippen LogP contribution is -2.32. The molecule has 0 radical (unpaired) electrons. The summed E-state index contributed by atoms with van der Waals surface area (Å²) in [7, 11) is 3.80. The molecule has 0 bridgehead atoms. The van der Waals surface area contributed by atoms with Crippen molar-refractivity contribution < 1.29 is 4.74 Å². The predicted molar refractivity (Wildman–Crippen MR) is 67.5 cm³/mol. The molecule has 0 aromatic heterocycles. The summed E-state index contributed by atoms with van der Waals surface area (Å²) in [5.74, 6) is 0. The van der Waals surface area contributed by atoms with Gasteiger partial charge in [-0.25, -0.2) is 0 Å². The third kappa shape index (κ3) is 3.59. The number of hydrogen-bond acceptors (Lipinski definition) is 3. The first-order valence-corrected chi connectivity index (χ1v) is 5.65. The first-order valence-electron chi connectivity index (χ1n) is 5.65. The van der Waals surface area contributed by atoms with Gasteiger partial charge >= 0.3 is 0 Å². The van der Waals surface area contributed by atoms with Crippen LogP contribution in [0.1, 0.15) is 17.2 Å². The Balaban J connectivity index is 2.69. The quantitative estimate of drug-likeness (QED) is 0.794. The number of rotatable bonds is 6. The van der Waals surface area contributed by atoms with E-state index in [2.05, 4.69) is 43.1 Å². The molecule has 0 saturated carbocycles. The van der Waals surface area contributed by atoms with E-state index in [0.29, 0.717) is 6.54 Å². The minimum Gasteiger partial charge on any atom is -0.383 e. The first-order chi connectivity index (χ1) is 7.69. The number of aryl methyl sites for hydroxylation is 1. The zero-order valence-electron chi connectivity index (χ0n) is 10.4. The Hall–Kier alpha value is -0.900. The van der Waals surface area contributed by atoms with Gasteiger partial charge in [-0.15, -0.1) is 0 Å². The summed E-state index contributed by atoms with van der Waals surface area (Å²) in [6.07, 6.45) is 0. The molecule has 0 saturated heterocycles. The van der Waals surface area contributed by atoms with E-state index < -0.39 is 0 Å². The summed E-state index contributed by atoms with van der Waals surface area (Å²) < 4.78 is 5.08. The van der Waals surface area contributed by atoms with Crippen LogP contribution in [0.2, 0.25) is 0 Å². The lowest BCUT2D eigenvalue weighted by atomic mass is 10.0. The lowest BCUT2D eigenvalue weighted by Gasteiger charge is -2.27. The van der Waals surface area contributed by atoms with Crippen molar-refractivity contribution in [3.8, 4) is 0 Å². The van der Waals surface area contributed by atoms with Gasteiger partial charge in [-0.2, -0.15) is 0 Å². The fourth-order valence-electron chi connectivity index (χ4n) is 1.75. The van der Waals surface area contributed by atoms with Crippen LogP contribution in [-0.2, 0) is 4.74 Å². The minimum atomic E-state index is 0.274. The highest BCUT2D eigenvalue weighted by Gasteiger charge is 2.14. The van der Waals surface area contributed by atoms with Crippen molar-refractivity contribution in [3.05, 3.63) is 35.4 Å². The van der Waals surface area contributed by atoms with Crippen LogP contribution in [0.4, 0.5) is 0 Å². The summed E-state index contributed by atoms with van der Waals surface area (Å²) in [4.78, 5) is 2.23. The highest BCUT2D eigenvalue weighted by Crippen LogP contribution is 2.18. The maximum Gasteiger partial charge on any atom is 0.0589 e. The lowest BCUT2D eigenvalue weighted by molar-refractivity contribution is 0.140. The molecule has 3 nitrogen and oxygen atoms in total. The maximum atomic E-state index is 5.83. The largest absolute Gasteiger partial charge is 0.383 e. The van der Waals surface area contributed by atoms with Gasteiger partial charge in [0.25, 0.3) is 0 Å². The van der Waals surface area contributed by atoms with Crippen LogP contribution >= 0.6 is 0 Å². The molecule has 0 aliphatic carbocycles. The molecule has 3 heteroatoms. The molecule has 2 N–H and O–H groups in total. The molecule has 1 aromatic carbocycles. The highest BCUT2D eigenvalue weighted by atomic mass is 16.5. The average Bonchev–Trinajstić information content (AvgIpc) is 2.30. The van der Waals surface area contributed by atoms with Crippen LogP contribution in [0.15, 0.2) is 24.3 Å². The molecule has 0 aliphatic heterocycles. The summed E-state index contributed by atoms with van der Waals surface area (Å²) in [5.41, 5.74) is 8.38. The summed E-state index contributed by atoms with van der Waals surface area (Å²) >= 11 is 0. The van der Waals surface area contributed by atoms with Gasteiger partial charge in [-0.1, -0.05) is 29.8 Å². The smallest absolute Gasteiger partial charge is 0.0589 e. The molecule has 1 aromatic rings. The normalized spacial score (nSPS) is 13.1. The number of methoxy groups -OCH3 is 1. The number of benzene rings is 1. The Kier molecular flexibility index (Phi) is 5.46. The van der Waals surface area contributed by atoms with Crippen molar-refractivity contribution in [1.29, 1.82) is 0 Å². The van der Waals surface area contributed by atoms with Crippen LogP contribution in [0.3, 0.4) is 0 Å². The summed E-state index contributed by atoms with van der Waals surface area (Å²) in [6, 6.07) is 8.83. The topological polar surface area (TPSA) is 38.5 Å². The van der Waals surface area contributed by atoms with Gasteiger partial charge in [0.15, 0.2) is 0 Å². The molecule has 0 aliphatic rings. The Morgan fingerprint density at radius 2 is 1.94 bits per heavy atom. The third-order valence-corrected chi connectivity index (χ3v) is 2.87. The van der Waals surface area contributed by atoms with Crippen molar-refractivity contribution in [2.75, 3.05) is 33.9 Å². The number of nitrogens with two attached hydrogens (primary N) is 1. The molecule has 0 spiro atoms. The van der Waals surface area contributed by atoms with Gasteiger partial charge in [0, 0.05) is 26.2 Å². The van der Waals surface area contributed by atoms with Gasteiger partial charge in [0.05, 0.1) is 6.61 Å². The maximum absolute atomic E-state index is 5.83. The SMILES string of the molecule is COCCN(C)C(CN)c1ccc(C)cc1. The summed E-state index contributed by atoms with van der Waals surface area (Å²) in [5, 5.41) is 0. The number of likely N-dealkylation sites (N-methyl/N-ethyl adjacent to an activating group) is 1. The standard InChI is InChI=1S/C13H22N2O/c1-11-4-6-12(7-5-11)13(10-14)15(2)8-9-16-3/h4-7,13H,8-10,14H2,1-3H3. The van der Waals surface area contributed by atoms with E-state index in [9.17, 15) is 0 Å². The summed E-state index contributed by atoms with van der Waals surface area (Å²) in [6.45, 7) is 4.35. The van der Waals surface area contributed by atoms with Crippen LogP contribution < -0.4 is 5.73 Å². The molecule has 1 atom stereocenters. The molecule has 0 amide bonds. The monoisotopic (exact) mass is 222 g/mol. The molecule has 0 heterocycles. The van der Waals surface area contributed by atoms with Gasteiger partial charge in [0.1, 0.15) is 0 Å². The second-order valence-electron chi connectivity index (χ2n) is 4.14. The van der Waals surface area contributed by atoms with E-state index in [1.165, 1.54) is 11.1 Å². The highest BCUT2D eigenvalue weighted by molar-refractivity contribution is 5.24. The van der Waals surface area contributed by atoms with Gasteiger partial charge in [-0.05, 0) is 19.5 Å². The van der Waals surface area contributed by atoms with Gasteiger partial charge in [-0.3, -0.25) is 4.90 Å². The molecule has 90 valence electrons. The first kappa shape index (κ1) is 13.2. The van der Waals surface area contributed by atoms with Crippen LogP contribution in [-0.4, -0.2) is 38.8 Å². The van der Waals surface area contributed by atoms with E-state index in [0.717, 1.165) is 13.2 Å². The van der Waals surface area contributed by atoms with Gasteiger partial charge < -0.3 is 10.5 Å². The molecule has 1 rings (SSSR count). The molecule has 0 fully saturated rings. The Labute approximate surface area is 98.2 Å². The molecular weight excluding hydrogens is 200 g/mol. The molecular formula is C13H22N2O. The Morgan fingerprint density at radius 1 is 1.31 bits per heavy atom. The van der Waals surface area contributed by atoms with E-state index >= 15 is 0 Å². The van der Waals surface area contributed by atoms with Crippen molar-refractivity contribution in [2.45, 2.75) is 13.0 Å². The third-order valence-electron chi connectivity index (χ3n) is 2.87. The molecule has 1 unspecified atom stereocenters. The second-order valence-corrected chi connectivity index (χ2v) is 4.14. The van der Waals surface area contributed by atoms with E-state index in [4.69, 9.17) is 10.5 Å². The van der Waals surface area contributed by atoms with E-state index in [1.54, 1.807) is 7.11 Å². The van der Waals surface area contributed by atoms with Gasteiger partial charge in [0.2, 0.25) is 0 Å². The van der Waals surface area contributed by atoms with Crippen molar-refractivity contribution in [1.82, 2.24) is 4.90 Å². The fourth-order valence-corrected chi connectivity index (χ4v) is 1.75. The molecule has 16 heavy (non-hydrogen) atoms. The number of nitrogens with zero attached hydrogens (tertiary/aromatic N) is 1. The number of ether oxygens (including phenoxy) is 1.